The number of aromatic amines is 2. The summed E-state index contributed by atoms with van der Waals surface area (Å²) in [5, 5.41) is 0. The maximum absolute atomic E-state index is 12.5. The van der Waals surface area contributed by atoms with Crippen LogP contribution in [0.5, 0.6) is 0 Å². The molecule has 2 aromatic heterocycles. The summed E-state index contributed by atoms with van der Waals surface area (Å²) in [6, 6.07) is 16.2. The Hall–Kier alpha value is -4.56. The highest BCUT2D eigenvalue weighted by Crippen LogP contribution is 2.36. The number of piperidine rings is 2. The third-order valence-electron chi connectivity index (χ3n) is 12.6. The van der Waals surface area contributed by atoms with E-state index >= 15 is 0 Å². The molecule has 4 saturated heterocycles. The minimum Gasteiger partial charge on any atom is -0.447 e. The van der Waals surface area contributed by atoms with Crippen molar-refractivity contribution in [2.75, 3.05) is 52.4 Å². The van der Waals surface area contributed by atoms with Gasteiger partial charge in [0.05, 0.1) is 28.2 Å². The Balaban J connectivity index is 0.000000174. The molecule has 2 amide bonds. The molecule has 0 radical (unpaired) electrons. The van der Waals surface area contributed by atoms with Crippen molar-refractivity contribution >= 4 is 34.3 Å². The quantitative estimate of drug-likeness (QED) is 0.239. The lowest BCUT2D eigenvalue weighted by atomic mass is 9.94. The Morgan fingerprint density at radius 3 is 1.47 bits per heavy atom. The number of H-pyrrole nitrogens is 2. The number of hydrogen-bond donors (Lipinski definition) is 2. The van der Waals surface area contributed by atoms with Crippen molar-refractivity contribution < 1.29 is 19.1 Å². The molecule has 310 valence electrons. The standard InChI is InChI=1S/C22H32N4O3.C21H30N4O3/c1-21(2,3)29-20(28)24-14-11-22(4,15-24)25-12-9-16(10-13-25)26-18-8-6-5-7-17(18)23-19(26)27;1-15(2)28-20(27)23-13-10-21(3,14-23)24-11-8-16(9-12-24)25-18-7-5-4-6-17(18)22-19(25)26/h5-8,16H,9-15H2,1-4H3,(H,23,27);4-7,15-16H,8-14H2,1-3H3,(H,22,26). The predicted octanol–water partition coefficient (Wildman–Crippen LogP) is 6.34. The van der Waals surface area contributed by atoms with Gasteiger partial charge >= 0.3 is 23.6 Å². The zero-order valence-electron chi connectivity index (χ0n) is 34.9. The number of nitrogens with zero attached hydrogens (tertiary/aromatic N) is 6. The molecule has 6 heterocycles. The van der Waals surface area contributed by atoms with Crippen LogP contribution in [0.1, 0.15) is 99.1 Å². The van der Waals surface area contributed by atoms with Gasteiger partial charge in [0, 0.05) is 75.5 Å². The average Bonchev–Trinajstić information content (AvgIpc) is 3.94. The van der Waals surface area contributed by atoms with E-state index < -0.39 is 5.60 Å². The van der Waals surface area contributed by atoms with E-state index in [1.165, 1.54) is 0 Å². The van der Waals surface area contributed by atoms with Crippen LogP contribution in [0, 0.1) is 0 Å². The molecule has 4 fully saturated rings. The predicted molar refractivity (Wildman–Crippen MR) is 222 cm³/mol. The second-order valence-corrected chi connectivity index (χ2v) is 18.3. The van der Waals surface area contributed by atoms with E-state index in [1.807, 2.05) is 102 Å². The first-order valence-corrected chi connectivity index (χ1v) is 20.9. The minimum atomic E-state index is -0.471. The Kier molecular flexibility index (Phi) is 11.4. The zero-order chi connectivity index (χ0) is 40.7. The van der Waals surface area contributed by atoms with Crippen molar-refractivity contribution in [2.45, 2.75) is 122 Å². The second kappa shape index (κ2) is 16.0. The van der Waals surface area contributed by atoms with Crippen molar-refractivity contribution in [3.63, 3.8) is 0 Å². The maximum atomic E-state index is 12.5. The van der Waals surface area contributed by atoms with Gasteiger partial charge in [-0.25, -0.2) is 19.2 Å². The number of hydrogen-bond acceptors (Lipinski definition) is 8. The number of carbonyl (C=O) groups is 2. The van der Waals surface area contributed by atoms with Crippen molar-refractivity contribution in [3.8, 4) is 0 Å². The third kappa shape index (κ3) is 8.67. The van der Waals surface area contributed by atoms with Crippen LogP contribution in [0.2, 0.25) is 0 Å². The van der Waals surface area contributed by atoms with Crippen LogP contribution >= 0.6 is 0 Å². The SMILES string of the molecule is CC(C)(C)OC(=O)N1CCC(C)(N2CCC(n3c(=O)[nH]c4ccccc43)CC2)C1.CC(C)OC(=O)N1CCC(C)(N2CCC(n3c(=O)[nH]c4ccccc43)CC2)C1. The lowest BCUT2D eigenvalue weighted by molar-refractivity contribution is 0.0221. The molecule has 2 N–H and O–H groups in total. The molecule has 4 aliphatic heterocycles. The topological polar surface area (TPSA) is 141 Å². The fourth-order valence-electron chi connectivity index (χ4n) is 9.52. The zero-order valence-corrected chi connectivity index (χ0v) is 34.9. The summed E-state index contributed by atoms with van der Waals surface area (Å²) in [7, 11) is 0. The number of aromatic nitrogens is 4. The van der Waals surface area contributed by atoms with Gasteiger partial charge < -0.3 is 29.2 Å². The van der Waals surface area contributed by atoms with Crippen molar-refractivity contribution in [1.29, 1.82) is 0 Å². The summed E-state index contributed by atoms with van der Waals surface area (Å²) in [6.45, 7) is 20.5. The first-order valence-electron chi connectivity index (χ1n) is 20.9. The van der Waals surface area contributed by atoms with Gasteiger partial charge in [0.15, 0.2) is 0 Å². The Morgan fingerprint density at radius 1 is 0.667 bits per heavy atom. The highest BCUT2D eigenvalue weighted by Gasteiger charge is 2.44. The van der Waals surface area contributed by atoms with E-state index in [1.54, 1.807) is 0 Å². The number of imidazole rings is 2. The first kappa shape index (κ1) is 40.6. The van der Waals surface area contributed by atoms with Crippen LogP contribution < -0.4 is 11.4 Å². The number of likely N-dealkylation sites (tertiary alicyclic amines) is 4. The van der Waals surface area contributed by atoms with Gasteiger partial charge in [0.2, 0.25) is 0 Å². The van der Waals surface area contributed by atoms with Gasteiger partial charge in [-0.3, -0.25) is 18.9 Å². The van der Waals surface area contributed by atoms with Crippen LogP contribution in [0.25, 0.3) is 22.1 Å². The molecule has 4 aromatic rings. The Bertz CT molecular complexity index is 2160. The summed E-state index contributed by atoms with van der Waals surface area (Å²) in [6.07, 6.45) is 5.13. The summed E-state index contributed by atoms with van der Waals surface area (Å²) >= 11 is 0. The minimum absolute atomic E-state index is 0.0191. The number of fused-ring (bicyclic) bond motifs is 2. The van der Waals surface area contributed by atoms with Gasteiger partial charge in [-0.15, -0.1) is 0 Å². The van der Waals surface area contributed by atoms with Crippen molar-refractivity contribution in [1.82, 2.24) is 38.7 Å². The molecular formula is C43H62N8O6. The van der Waals surface area contributed by atoms with E-state index in [9.17, 15) is 19.2 Å². The highest BCUT2D eigenvalue weighted by molar-refractivity contribution is 5.76. The molecule has 0 spiro atoms. The molecule has 14 heteroatoms. The van der Waals surface area contributed by atoms with Crippen molar-refractivity contribution in [2.24, 2.45) is 0 Å². The molecule has 0 saturated carbocycles. The highest BCUT2D eigenvalue weighted by atomic mass is 16.6. The fourth-order valence-corrected chi connectivity index (χ4v) is 9.52. The van der Waals surface area contributed by atoms with Crippen LogP contribution in [-0.2, 0) is 9.47 Å². The molecule has 57 heavy (non-hydrogen) atoms. The van der Waals surface area contributed by atoms with Gasteiger partial charge in [-0.05, 0) is 111 Å². The third-order valence-corrected chi connectivity index (χ3v) is 12.6. The number of rotatable bonds is 5. The number of para-hydroxylation sites is 4. The molecule has 0 bridgehead atoms. The van der Waals surface area contributed by atoms with Gasteiger partial charge in [0.25, 0.3) is 0 Å². The molecule has 14 nitrogen and oxygen atoms in total. The lowest BCUT2D eigenvalue weighted by Gasteiger charge is -2.43. The average molecular weight is 787 g/mol. The molecule has 2 aromatic carbocycles. The normalized spacial score (nSPS) is 24.4. The summed E-state index contributed by atoms with van der Waals surface area (Å²) < 4.78 is 14.8. The summed E-state index contributed by atoms with van der Waals surface area (Å²) in [4.78, 5) is 64.3. The van der Waals surface area contributed by atoms with E-state index in [-0.39, 0.29) is 52.8 Å². The second-order valence-electron chi connectivity index (χ2n) is 18.3. The van der Waals surface area contributed by atoms with Crippen LogP contribution in [0.4, 0.5) is 9.59 Å². The number of nitrogens with one attached hydrogen (secondary N) is 2. The van der Waals surface area contributed by atoms with Crippen LogP contribution in [0.3, 0.4) is 0 Å². The smallest absolute Gasteiger partial charge is 0.410 e. The fraction of sp³-hybridized carbons (Fsp3) is 0.628. The van der Waals surface area contributed by atoms with Gasteiger partial charge in [-0.1, -0.05) is 24.3 Å². The maximum Gasteiger partial charge on any atom is 0.410 e. The molecule has 2 atom stereocenters. The first-order chi connectivity index (χ1) is 27.0. The number of ether oxygens (including phenoxy) is 2. The van der Waals surface area contributed by atoms with Crippen LogP contribution in [0.15, 0.2) is 58.1 Å². The van der Waals surface area contributed by atoms with E-state index in [4.69, 9.17) is 9.47 Å². The van der Waals surface area contributed by atoms with Crippen molar-refractivity contribution in [3.05, 3.63) is 69.5 Å². The van der Waals surface area contributed by atoms with E-state index in [0.29, 0.717) is 13.1 Å². The van der Waals surface area contributed by atoms with Crippen LogP contribution in [-0.4, -0.2) is 126 Å². The molecule has 8 rings (SSSR count). The lowest BCUT2D eigenvalue weighted by Crippen LogP contribution is -2.52. The number of carbonyl (C=O) groups excluding carboxylic acids is 2. The summed E-state index contributed by atoms with van der Waals surface area (Å²) in [5.74, 6) is 0. The summed E-state index contributed by atoms with van der Waals surface area (Å²) in [5.41, 5.74) is 3.20. The molecule has 2 unspecified atom stereocenters. The molecule has 4 aliphatic rings. The van der Waals surface area contributed by atoms with E-state index in [2.05, 4.69) is 33.6 Å². The molecular weight excluding hydrogens is 725 g/mol. The molecule has 0 aliphatic carbocycles. The Labute approximate surface area is 335 Å². The van der Waals surface area contributed by atoms with Gasteiger partial charge in [0.1, 0.15) is 5.60 Å². The Morgan fingerprint density at radius 2 is 1.07 bits per heavy atom. The monoisotopic (exact) mass is 786 g/mol. The van der Waals surface area contributed by atoms with Gasteiger partial charge in [-0.2, -0.15) is 0 Å². The number of benzene rings is 2. The number of amides is 2. The largest absolute Gasteiger partial charge is 0.447 e. The van der Waals surface area contributed by atoms with E-state index in [0.717, 1.165) is 99.9 Å².